The van der Waals surface area contributed by atoms with E-state index in [1.54, 1.807) is 25.1 Å². The van der Waals surface area contributed by atoms with Crippen molar-refractivity contribution < 1.29 is 21.6 Å². The molecule has 1 N–H and O–H groups in total. The lowest BCUT2D eigenvalue weighted by Gasteiger charge is -2.12. The largest absolute Gasteiger partial charge is 0.433 e. The number of aromatic nitrogens is 2. The summed E-state index contributed by atoms with van der Waals surface area (Å²) < 4.78 is 68.8. The Labute approximate surface area is 154 Å². The Kier molecular flexibility index (Phi) is 4.73. The van der Waals surface area contributed by atoms with Gasteiger partial charge in [-0.25, -0.2) is 8.42 Å². The summed E-state index contributed by atoms with van der Waals surface area (Å²) in [7, 11) is -2.97. The Bertz CT molecular complexity index is 1060. The van der Waals surface area contributed by atoms with Crippen LogP contribution in [0, 0.1) is 6.92 Å². The van der Waals surface area contributed by atoms with Gasteiger partial charge in [0.05, 0.1) is 10.5 Å². The first-order valence-corrected chi connectivity index (χ1v) is 9.37. The summed E-state index contributed by atoms with van der Waals surface area (Å²) in [6, 6.07) is 13.7. The molecule has 0 aliphatic heterocycles. The van der Waals surface area contributed by atoms with Crippen LogP contribution in [0.25, 0.3) is 11.1 Å². The van der Waals surface area contributed by atoms with Crippen molar-refractivity contribution in [1.82, 2.24) is 9.78 Å². The van der Waals surface area contributed by atoms with Crippen molar-refractivity contribution in [3.63, 3.8) is 0 Å². The molecule has 0 radical (unpaired) electrons. The number of hydrogen-bond donors (Lipinski definition) is 1. The predicted molar refractivity (Wildman–Crippen MR) is 95.6 cm³/mol. The molecule has 0 unspecified atom stereocenters. The molecule has 142 valence electrons. The predicted octanol–water partition coefficient (Wildman–Crippen LogP) is 4.22. The summed E-state index contributed by atoms with van der Waals surface area (Å²) in [5.74, 6) is -0.377. The summed E-state index contributed by atoms with van der Waals surface area (Å²) >= 11 is 0. The molecule has 5 nitrogen and oxygen atoms in total. The zero-order valence-electron chi connectivity index (χ0n) is 14.4. The summed E-state index contributed by atoms with van der Waals surface area (Å²) in [5.41, 5.74) is -0.268. The Hall–Kier alpha value is -2.81. The lowest BCUT2D eigenvalue weighted by atomic mass is 10.0. The summed E-state index contributed by atoms with van der Waals surface area (Å²) in [4.78, 5) is -0.0703. The van der Waals surface area contributed by atoms with E-state index in [-0.39, 0.29) is 21.8 Å². The smallest absolute Gasteiger partial charge is 0.261 e. The molecule has 1 heterocycles. The fourth-order valence-electron chi connectivity index (χ4n) is 2.70. The molecule has 0 saturated heterocycles. The maximum atomic E-state index is 13.6. The third-order valence-corrected chi connectivity index (χ3v) is 5.30. The zero-order valence-corrected chi connectivity index (χ0v) is 15.3. The molecule has 3 aromatic rings. The molecular weight excluding hydrogens is 379 g/mol. The number of nitrogens with one attached hydrogen (secondary N) is 1. The second-order valence-corrected chi connectivity index (χ2v) is 7.66. The van der Waals surface area contributed by atoms with E-state index in [9.17, 15) is 21.6 Å². The van der Waals surface area contributed by atoms with Gasteiger partial charge in [0, 0.05) is 7.05 Å². The molecule has 0 amide bonds. The molecule has 1 aromatic heterocycles. The van der Waals surface area contributed by atoms with Gasteiger partial charge in [-0.2, -0.15) is 18.3 Å². The van der Waals surface area contributed by atoms with Crippen LogP contribution in [0.1, 0.15) is 11.3 Å². The number of halogens is 3. The SMILES string of the molecule is Cc1ccc(-c2c(NS(=O)(=O)c3ccccc3)nn(C)c2C(F)(F)F)cc1. The van der Waals surface area contributed by atoms with Crippen molar-refractivity contribution in [1.29, 1.82) is 0 Å². The molecule has 0 bridgehead atoms. The summed E-state index contributed by atoms with van der Waals surface area (Å²) in [5, 5.41) is 3.79. The third kappa shape index (κ3) is 3.82. The van der Waals surface area contributed by atoms with Gasteiger partial charge in [-0.15, -0.1) is 0 Å². The minimum atomic E-state index is -4.71. The van der Waals surface area contributed by atoms with Crippen molar-refractivity contribution in [3.05, 3.63) is 65.9 Å². The zero-order chi connectivity index (χ0) is 19.8. The number of hydrogen-bond acceptors (Lipinski definition) is 3. The van der Waals surface area contributed by atoms with Crippen LogP contribution in [-0.4, -0.2) is 18.2 Å². The van der Waals surface area contributed by atoms with Crippen molar-refractivity contribution in [3.8, 4) is 11.1 Å². The highest BCUT2D eigenvalue weighted by atomic mass is 32.2. The van der Waals surface area contributed by atoms with E-state index in [1.807, 2.05) is 0 Å². The second-order valence-electron chi connectivity index (χ2n) is 5.98. The molecule has 0 fully saturated rings. The molecule has 0 aliphatic carbocycles. The molecule has 0 atom stereocenters. The first-order chi connectivity index (χ1) is 12.6. The van der Waals surface area contributed by atoms with Gasteiger partial charge in [0.15, 0.2) is 11.5 Å². The Morgan fingerprint density at radius 3 is 2.15 bits per heavy atom. The summed E-state index contributed by atoms with van der Waals surface area (Å²) in [6.45, 7) is 1.80. The van der Waals surface area contributed by atoms with Gasteiger partial charge in [-0.1, -0.05) is 48.0 Å². The van der Waals surface area contributed by atoms with E-state index in [0.717, 1.165) is 12.6 Å². The van der Waals surface area contributed by atoms with Crippen LogP contribution in [0.5, 0.6) is 0 Å². The molecule has 0 saturated carbocycles. The van der Waals surface area contributed by atoms with Gasteiger partial charge in [-0.3, -0.25) is 9.40 Å². The normalized spacial score (nSPS) is 12.2. The number of aryl methyl sites for hydroxylation is 2. The van der Waals surface area contributed by atoms with Gasteiger partial charge < -0.3 is 0 Å². The number of sulfonamides is 1. The van der Waals surface area contributed by atoms with Crippen molar-refractivity contribution in [2.75, 3.05) is 4.72 Å². The minimum absolute atomic E-state index is 0.0703. The van der Waals surface area contributed by atoms with Crippen LogP contribution < -0.4 is 4.72 Å². The van der Waals surface area contributed by atoms with E-state index in [4.69, 9.17) is 0 Å². The number of anilines is 1. The highest BCUT2D eigenvalue weighted by molar-refractivity contribution is 7.92. The van der Waals surface area contributed by atoms with E-state index < -0.39 is 21.9 Å². The van der Waals surface area contributed by atoms with Crippen LogP contribution in [0.4, 0.5) is 19.0 Å². The second kappa shape index (κ2) is 6.73. The molecular formula is C18H16F3N3O2S. The maximum Gasteiger partial charge on any atom is 0.433 e. The quantitative estimate of drug-likeness (QED) is 0.720. The van der Waals surface area contributed by atoms with E-state index in [0.29, 0.717) is 4.68 Å². The van der Waals surface area contributed by atoms with Crippen molar-refractivity contribution in [2.24, 2.45) is 7.05 Å². The number of benzene rings is 2. The fraction of sp³-hybridized carbons (Fsp3) is 0.167. The van der Waals surface area contributed by atoms with Gasteiger partial charge in [0.2, 0.25) is 0 Å². The van der Waals surface area contributed by atoms with Gasteiger partial charge in [-0.05, 0) is 24.6 Å². The summed E-state index contributed by atoms with van der Waals surface area (Å²) in [6.07, 6.45) is -4.71. The first-order valence-electron chi connectivity index (χ1n) is 7.89. The average Bonchev–Trinajstić information content (AvgIpc) is 2.92. The molecule has 27 heavy (non-hydrogen) atoms. The van der Waals surface area contributed by atoms with Crippen LogP contribution in [-0.2, 0) is 23.2 Å². The Balaban J connectivity index is 2.18. The van der Waals surface area contributed by atoms with Crippen molar-refractivity contribution >= 4 is 15.8 Å². The van der Waals surface area contributed by atoms with Crippen LogP contribution in [0.15, 0.2) is 59.5 Å². The lowest BCUT2D eigenvalue weighted by molar-refractivity contribution is -0.143. The lowest BCUT2D eigenvalue weighted by Crippen LogP contribution is -2.14. The molecule has 2 aromatic carbocycles. The fourth-order valence-corrected chi connectivity index (χ4v) is 3.73. The Morgan fingerprint density at radius 1 is 1.00 bits per heavy atom. The first kappa shape index (κ1) is 19.0. The van der Waals surface area contributed by atoms with Crippen LogP contribution in [0.2, 0.25) is 0 Å². The maximum absolute atomic E-state index is 13.6. The van der Waals surface area contributed by atoms with Gasteiger partial charge in [0.1, 0.15) is 0 Å². The Morgan fingerprint density at radius 2 is 1.59 bits per heavy atom. The monoisotopic (exact) mass is 395 g/mol. The van der Waals surface area contributed by atoms with E-state index >= 15 is 0 Å². The highest BCUT2D eigenvalue weighted by Gasteiger charge is 2.40. The third-order valence-electron chi connectivity index (χ3n) is 3.94. The number of alkyl halides is 3. The average molecular weight is 395 g/mol. The topological polar surface area (TPSA) is 64.0 Å². The van der Waals surface area contributed by atoms with E-state index in [2.05, 4.69) is 9.82 Å². The molecule has 0 spiro atoms. The number of rotatable bonds is 4. The standard InChI is InChI=1S/C18H16F3N3O2S/c1-12-8-10-13(11-9-12)15-16(18(19,20)21)24(2)22-17(15)23-27(25,26)14-6-4-3-5-7-14/h3-11H,1-2H3,(H,22,23). The molecule has 0 aliphatic rings. The highest BCUT2D eigenvalue weighted by Crippen LogP contribution is 2.41. The minimum Gasteiger partial charge on any atom is -0.261 e. The molecule has 3 rings (SSSR count). The van der Waals surface area contributed by atoms with Crippen LogP contribution >= 0.6 is 0 Å². The van der Waals surface area contributed by atoms with Crippen LogP contribution in [0.3, 0.4) is 0 Å². The van der Waals surface area contributed by atoms with Gasteiger partial charge >= 0.3 is 6.18 Å². The molecule has 9 heteroatoms. The van der Waals surface area contributed by atoms with Gasteiger partial charge in [0.25, 0.3) is 10.0 Å². The number of nitrogens with zero attached hydrogens (tertiary/aromatic N) is 2. The van der Waals surface area contributed by atoms with E-state index in [1.165, 1.54) is 36.4 Å². The van der Waals surface area contributed by atoms with Crippen molar-refractivity contribution in [2.45, 2.75) is 18.0 Å².